The van der Waals surface area contributed by atoms with Gasteiger partial charge >= 0.3 is 0 Å². The van der Waals surface area contributed by atoms with E-state index in [2.05, 4.69) is 33.0 Å². The minimum atomic E-state index is -0.551. The summed E-state index contributed by atoms with van der Waals surface area (Å²) in [4.78, 5) is 11.8. The standard InChI is InChI=1S/C14H21FN2O/c1-9(14(2,3)4)8-17-13(18)11-7-10(16)5-6-12(11)15/h5-7,9H,8,16H2,1-4H3,(H,17,18). The van der Waals surface area contributed by atoms with E-state index in [4.69, 9.17) is 5.73 Å². The Morgan fingerprint density at radius 1 is 1.44 bits per heavy atom. The van der Waals surface area contributed by atoms with E-state index >= 15 is 0 Å². The van der Waals surface area contributed by atoms with Crippen molar-refractivity contribution in [1.82, 2.24) is 5.32 Å². The molecule has 0 aliphatic carbocycles. The molecule has 0 aromatic heterocycles. The lowest BCUT2D eigenvalue weighted by molar-refractivity contribution is 0.0933. The van der Waals surface area contributed by atoms with Crippen LogP contribution in [0.1, 0.15) is 38.1 Å². The molecule has 1 atom stereocenters. The average Bonchev–Trinajstić information content (AvgIpc) is 2.27. The smallest absolute Gasteiger partial charge is 0.254 e. The number of carbonyl (C=O) groups excluding carboxylic acids is 1. The lowest BCUT2D eigenvalue weighted by Gasteiger charge is -2.27. The Labute approximate surface area is 108 Å². The number of hydrogen-bond donors (Lipinski definition) is 2. The summed E-state index contributed by atoms with van der Waals surface area (Å²) in [7, 11) is 0. The van der Waals surface area contributed by atoms with Gasteiger partial charge in [-0.1, -0.05) is 27.7 Å². The van der Waals surface area contributed by atoms with Gasteiger partial charge in [-0.15, -0.1) is 0 Å². The van der Waals surface area contributed by atoms with Gasteiger partial charge in [0, 0.05) is 12.2 Å². The van der Waals surface area contributed by atoms with Gasteiger partial charge in [-0.3, -0.25) is 4.79 Å². The molecule has 100 valence electrons. The second kappa shape index (κ2) is 5.38. The van der Waals surface area contributed by atoms with E-state index in [9.17, 15) is 9.18 Å². The molecule has 0 fully saturated rings. The van der Waals surface area contributed by atoms with E-state index in [0.29, 0.717) is 18.2 Å². The topological polar surface area (TPSA) is 55.1 Å². The molecule has 0 saturated carbocycles. The maximum absolute atomic E-state index is 13.5. The van der Waals surface area contributed by atoms with Crippen LogP contribution in [-0.2, 0) is 0 Å². The highest BCUT2D eigenvalue weighted by molar-refractivity contribution is 5.95. The summed E-state index contributed by atoms with van der Waals surface area (Å²) in [5, 5.41) is 2.74. The van der Waals surface area contributed by atoms with E-state index in [0.717, 1.165) is 0 Å². The minimum Gasteiger partial charge on any atom is -0.399 e. The average molecular weight is 252 g/mol. The van der Waals surface area contributed by atoms with Crippen LogP contribution in [0.4, 0.5) is 10.1 Å². The van der Waals surface area contributed by atoms with Gasteiger partial charge in [-0.2, -0.15) is 0 Å². The monoisotopic (exact) mass is 252 g/mol. The first-order valence-corrected chi connectivity index (χ1v) is 6.05. The second-order valence-corrected chi connectivity index (χ2v) is 5.72. The first kappa shape index (κ1) is 14.5. The molecular weight excluding hydrogens is 231 g/mol. The van der Waals surface area contributed by atoms with Crippen LogP contribution in [0.2, 0.25) is 0 Å². The van der Waals surface area contributed by atoms with Crippen molar-refractivity contribution in [3.63, 3.8) is 0 Å². The SMILES string of the molecule is CC(CNC(=O)c1cc(N)ccc1F)C(C)(C)C. The van der Waals surface area contributed by atoms with Gasteiger partial charge in [0.2, 0.25) is 0 Å². The van der Waals surface area contributed by atoms with Gasteiger partial charge in [-0.05, 0) is 29.5 Å². The van der Waals surface area contributed by atoms with Crippen molar-refractivity contribution in [3.05, 3.63) is 29.6 Å². The molecule has 1 aromatic rings. The van der Waals surface area contributed by atoms with E-state index in [1.165, 1.54) is 18.2 Å². The predicted molar refractivity (Wildman–Crippen MR) is 71.8 cm³/mol. The molecule has 3 N–H and O–H groups in total. The van der Waals surface area contributed by atoms with E-state index in [1.807, 2.05) is 0 Å². The van der Waals surface area contributed by atoms with Gasteiger partial charge < -0.3 is 11.1 Å². The lowest BCUT2D eigenvalue weighted by atomic mass is 9.82. The zero-order valence-corrected chi connectivity index (χ0v) is 11.4. The third kappa shape index (κ3) is 3.72. The van der Waals surface area contributed by atoms with E-state index < -0.39 is 11.7 Å². The second-order valence-electron chi connectivity index (χ2n) is 5.72. The van der Waals surface area contributed by atoms with Crippen LogP contribution >= 0.6 is 0 Å². The zero-order chi connectivity index (χ0) is 13.9. The third-order valence-electron chi connectivity index (χ3n) is 3.28. The molecule has 0 radical (unpaired) electrons. The van der Waals surface area contributed by atoms with E-state index in [1.54, 1.807) is 0 Å². The maximum atomic E-state index is 13.5. The quantitative estimate of drug-likeness (QED) is 0.813. The van der Waals surface area contributed by atoms with Crippen LogP contribution in [0.15, 0.2) is 18.2 Å². The number of nitrogen functional groups attached to an aromatic ring is 1. The molecular formula is C14H21FN2O. The summed E-state index contributed by atoms with van der Waals surface area (Å²) >= 11 is 0. The molecule has 18 heavy (non-hydrogen) atoms. The summed E-state index contributed by atoms with van der Waals surface area (Å²) in [6.45, 7) is 8.87. The molecule has 0 aliphatic rings. The van der Waals surface area contributed by atoms with E-state index in [-0.39, 0.29) is 11.0 Å². The third-order valence-corrected chi connectivity index (χ3v) is 3.28. The van der Waals surface area contributed by atoms with Crippen molar-refractivity contribution >= 4 is 11.6 Å². The fourth-order valence-corrected chi connectivity index (χ4v) is 1.36. The van der Waals surface area contributed by atoms with Crippen LogP contribution in [0.3, 0.4) is 0 Å². The fourth-order valence-electron chi connectivity index (χ4n) is 1.36. The first-order chi connectivity index (χ1) is 8.21. The Morgan fingerprint density at radius 2 is 2.06 bits per heavy atom. The van der Waals surface area contributed by atoms with Crippen LogP contribution in [-0.4, -0.2) is 12.5 Å². The predicted octanol–water partition coefficient (Wildman–Crippen LogP) is 2.82. The number of nitrogens with two attached hydrogens (primary N) is 1. The number of rotatable bonds is 3. The van der Waals surface area contributed by atoms with Gasteiger partial charge in [0.15, 0.2) is 0 Å². The summed E-state index contributed by atoms with van der Waals surface area (Å²) < 4.78 is 13.5. The number of anilines is 1. The lowest BCUT2D eigenvalue weighted by Crippen LogP contribution is -2.34. The van der Waals surface area contributed by atoms with Crippen molar-refractivity contribution < 1.29 is 9.18 Å². The van der Waals surface area contributed by atoms with Crippen molar-refractivity contribution in [2.75, 3.05) is 12.3 Å². The van der Waals surface area contributed by atoms with Crippen molar-refractivity contribution in [2.45, 2.75) is 27.7 Å². The number of benzene rings is 1. The molecule has 4 heteroatoms. The van der Waals surface area contributed by atoms with Crippen LogP contribution in [0.5, 0.6) is 0 Å². The largest absolute Gasteiger partial charge is 0.399 e. The Morgan fingerprint density at radius 3 is 2.61 bits per heavy atom. The van der Waals surface area contributed by atoms with Crippen molar-refractivity contribution in [1.29, 1.82) is 0 Å². The normalized spacial score (nSPS) is 13.2. The highest BCUT2D eigenvalue weighted by atomic mass is 19.1. The maximum Gasteiger partial charge on any atom is 0.254 e. The summed E-state index contributed by atoms with van der Waals surface area (Å²) in [6.07, 6.45) is 0. The van der Waals surface area contributed by atoms with Crippen molar-refractivity contribution in [2.24, 2.45) is 11.3 Å². The molecule has 0 heterocycles. The summed E-state index contributed by atoms with van der Waals surface area (Å²) in [6, 6.07) is 3.99. The summed E-state index contributed by atoms with van der Waals surface area (Å²) in [5.41, 5.74) is 6.02. The molecule has 0 spiro atoms. The van der Waals surface area contributed by atoms with Crippen LogP contribution in [0.25, 0.3) is 0 Å². The molecule has 1 aromatic carbocycles. The molecule has 1 rings (SSSR count). The molecule has 1 amide bonds. The van der Waals surface area contributed by atoms with Gasteiger partial charge in [0.05, 0.1) is 5.56 Å². The molecule has 0 aliphatic heterocycles. The highest BCUT2D eigenvalue weighted by Crippen LogP contribution is 2.24. The number of hydrogen-bond acceptors (Lipinski definition) is 2. The summed E-state index contributed by atoms with van der Waals surface area (Å²) in [5.74, 6) is -0.674. The Kier molecular flexibility index (Phi) is 4.33. The number of carbonyl (C=O) groups is 1. The molecule has 0 saturated heterocycles. The van der Waals surface area contributed by atoms with Crippen LogP contribution in [0, 0.1) is 17.2 Å². The van der Waals surface area contributed by atoms with Gasteiger partial charge in [-0.25, -0.2) is 4.39 Å². The number of amides is 1. The highest BCUT2D eigenvalue weighted by Gasteiger charge is 2.21. The fraction of sp³-hybridized carbons (Fsp3) is 0.500. The Balaban J connectivity index is 2.69. The van der Waals surface area contributed by atoms with Crippen LogP contribution < -0.4 is 11.1 Å². The minimum absolute atomic E-state index is 0.00360. The van der Waals surface area contributed by atoms with Crippen molar-refractivity contribution in [3.8, 4) is 0 Å². The number of nitrogens with one attached hydrogen (secondary N) is 1. The molecule has 0 bridgehead atoms. The Hall–Kier alpha value is -1.58. The Bertz CT molecular complexity index is 438. The molecule has 3 nitrogen and oxygen atoms in total. The number of halogens is 1. The van der Waals surface area contributed by atoms with Gasteiger partial charge in [0.1, 0.15) is 5.82 Å². The molecule has 1 unspecified atom stereocenters. The van der Waals surface area contributed by atoms with Gasteiger partial charge in [0.25, 0.3) is 5.91 Å². The zero-order valence-electron chi connectivity index (χ0n) is 11.4. The first-order valence-electron chi connectivity index (χ1n) is 6.05.